The summed E-state index contributed by atoms with van der Waals surface area (Å²) in [5.74, 6) is -0.471. The maximum Gasteiger partial charge on any atom is 0.242 e. The Balaban J connectivity index is 1.73. The Bertz CT molecular complexity index is 1030. The summed E-state index contributed by atoms with van der Waals surface area (Å²) in [6, 6.07) is 9.14. The average molecular weight is 375 g/mol. The van der Waals surface area contributed by atoms with E-state index in [1.165, 1.54) is 0 Å². The first-order chi connectivity index (χ1) is 13.6. The molecule has 2 atom stereocenters. The summed E-state index contributed by atoms with van der Waals surface area (Å²) in [5.41, 5.74) is 9.53. The van der Waals surface area contributed by atoms with Crippen molar-refractivity contribution in [2.24, 2.45) is 18.7 Å². The second-order valence-corrected chi connectivity index (χ2v) is 7.13. The maximum absolute atomic E-state index is 12.3. The normalized spacial score (nSPS) is 17.0. The second-order valence-electron chi connectivity index (χ2n) is 7.13. The largest absolute Gasteiger partial charge is 0.368 e. The molecule has 0 bridgehead atoms. The summed E-state index contributed by atoms with van der Waals surface area (Å²) in [4.78, 5) is 18.7. The van der Waals surface area contributed by atoms with Crippen LogP contribution in [-0.4, -0.2) is 31.8 Å². The van der Waals surface area contributed by atoms with E-state index >= 15 is 0 Å². The maximum atomic E-state index is 12.3. The number of imidazole rings is 1. The van der Waals surface area contributed by atoms with Gasteiger partial charge in [-0.2, -0.15) is 10.4 Å². The number of anilines is 1. The summed E-state index contributed by atoms with van der Waals surface area (Å²) in [6.45, 7) is 1.30. The zero-order chi connectivity index (χ0) is 19.7. The average Bonchev–Trinajstić information content (AvgIpc) is 3.33. The molecule has 0 aliphatic carbocycles. The first-order valence-corrected chi connectivity index (χ1v) is 9.08. The van der Waals surface area contributed by atoms with Crippen LogP contribution in [0.2, 0.25) is 0 Å². The molecule has 142 valence electrons. The lowest BCUT2D eigenvalue weighted by Gasteiger charge is -2.38. The van der Waals surface area contributed by atoms with E-state index in [1.54, 1.807) is 29.5 Å². The number of aryl methyl sites for hydroxylation is 1. The van der Waals surface area contributed by atoms with E-state index in [-0.39, 0.29) is 5.92 Å². The van der Waals surface area contributed by atoms with Crippen molar-refractivity contribution in [3.05, 3.63) is 66.0 Å². The molecule has 1 aliphatic heterocycles. The Hall–Kier alpha value is -3.60. The molecule has 0 spiro atoms. The van der Waals surface area contributed by atoms with Gasteiger partial charge in [0, 0.05) is 43.8 Å². The summed E-state index contributed by atoms with van der Waals surface area (Å²) in [5, 5.41) is 13.5. The summed E-state index contributed by atoms with van der Waals surface area (Å²) in [7, 11) is 1.96. The van der Waals surface area contributed by atoms with E-state index in [0.29, 0.717) is 25.1 Å². The fourth-order valence-electron chi connectivity index (χ4n) is 3.97. The number of carbonyl (C=O) groups excluding carboxylic acids is 1. The van der Waals surface area contributed by atoms with Crippen molar-refractivity contribution in [2.45, 2.75) is 19.0 Å². The third kappa shape index (κ3) is 3.22. The highest BCUT2D eigenvalue weighted by molar-refractivity contribution is 5.79. The lowest BCUT2D eigenvalue weighted by molar-refractivity contribution is -0.123. The second kappa shape index (κ2) is 7.19. The van der Waals surface area contributed by atoms with Crippen LogP contribution in [0.3, 0.4) is 0 Å². The predicted molar refractivity (Wildman–Crippen MR) is 103 cm³/mol. The van der Waals surface area contributed by atoms with Gasteiger partial charge in [0.2, 0.25) is 5.91 Å². The Kier molecular flexibility index (Phi) is 4.57. The lowest BCUT2D eigenvalue weighted by Crippen LogP contribution is -2.43. The number of benzene rings is 1. The number of nitrogens with zero attached hydrogens (tertiary/aromatic N) is 6. The summed E-state index contributed by atoms with van der Waals surface area (Å²) >= 11 is 0. The molecule has 1 amide bonds. The van der Waals surface area contributed by atoms with Crippen molar-refractivity contribution >= 4 is 11.6 Å². The molecule has 0 radical (unpaired) electrons. The Morgan fingerprint density at radius 1 is 1.46 bits per heavy atom. The molecule has 3 aromatic rings. The van der Waals surface area contributed by atoms with Crippen LogP contribution < -0.4 is 10.6 Å². The number of primary amides is 1. The van der Waals surface area contributed by atoms with Crippen molar-refractivity contribution in [1.82, 2.24) is 19.3 Å². The Morgan fingerprint density at radius 2 is 2.32 bits per heavy atom. The van der Waals surface area contributed by atoms with Crippen LogP contribution in [0.4, 0.5) is 5.69 Å². The number of rotatable bonds is 5. The van der Waals surface area contributed by atoms with Gasteiger partial charge < -0.3 is 15.2 Å². The standard InChI is InChI=1S/C20H21N7O/c1-25-13-23-10-17(25)12-26-11-16(19(20(22)28)27-6-2-5-24-27)8-15-7-14(9-21)3-4-18(15)26/h2-7,10,13,16,19H,8,11-12H2,1H3,(H2,22,28). The smallest absolute Gasteiger partial charge is 0.242 e. The number of nitrogens with two attached hydrogens (primary N) is 1. The topological polar surface area (TPSA) is 106 Å². The molecule has 0 saturated carbocycles. The SMILES string of the molecule is Cn1cncc1CN1CC(C(C(N)=O)n2cccn2)Cc2cc(C#N)ccc21. The molecular formula is C20H21N7O. The molecule has 2 N–H and O–H groups in total. The molecule has 1 aliphatic rings. The highest BCUT2D eigenvalue weighted by atomic mass is 16.1. The number of nitriles is 1. The minimum atomic E-state index is -0.553. The molecule has 3 heterocycles. The molecule has 2 aromatic heterocycles. The van der Waals surface area contributed by atoms with E-state index in [2.05, 4.69) is 21.1 Å². The fraction of sp³-hybridized carbons (Fsp3) is 0.300. The van der Waals surface area contributed by atoms with Crippen molar-refractivity contribution in [1.29, 1.82) is 5.26 Å². The van der Waals surface area contributed by atoms with Crippen LogP contribution in [0.1, 0.15) is 22.9 Å². The third-order valence-corrected chi connectivity index (χ3v) is 5.30. The molecular weight excluding hydrogens is 354 g/mol. The van der Waals surface area contributed by atoms with Crippen molar-refractivity contribution in [2.75, 3.05) is 11.4 Å². The molecule has 1 aromatic carbocycles. The Labute approximate surface area is 162 Å². The molecule has 0 saturated heterocycles. The number of carbonyl (C=O) groups is 1. The first kappa shape index (κ1) is 17.8. The van der Waals surface area contributed by atoms with Crippen LogP contribution in [0, 0.1) is 17.2 Å². The summed E-state index contributed by atoms with van der Waals surface area (Å²) in [6.07, 6.45) is 7.68. The lowest BCUT2D eigenvalue weighted by atomic mass is 9.86. The minimum Gasteiger partial charge on any atom is -0.368 e. The molecule has 4 rings (SSSR count). The van der Waals surface area contributed by atoms with Gasteiger partial charge in [0.05, 0.1) is 30.2 Å². The van der Waals surface area contributed by atoms with Crippen LogP contribution in [0.15, 0.2) is 49.2 Å². The van der Waals surface area contributed by atoms with E-state index in [0.717, 1.165) is 16.9 Å². The van der Waals surface area contributed by atoms with Crippen LogP contribution in [0.25, 0.3) is 0 Å². The first-order valence-electron chi connectivity index (χ1n) is 9.08. The van der Waals surface area contributed by atoms with Gasteiger partial charge in [-0.15, -0.1) is 0 Å². The van der Waals surface area contributed by atoms with E-state index in [4.69, 9.17) is 5.73 Å². The van der Waals surface area contributed by atoms with Gasteiger partial charge in [0.15, 0.2) is 0 Å². The number of fused-ring (bicyclic) bond motifs is 1. The van der Waals surface area contributed by atoms with Crippen molar-refractivity contribution < 1.29 is 4.79 Å². The minimum absolute atomic E-state index is 0.0629. The summed E-state index contributed by atoms with van der Waals surface area (Å²) < 4.78 is 3.61. The zero-order valence-electron chi connectivity index (χ0n) is 15.6. The highest BCUT2D eigenvalue weighted by Gasteiger charge is 2.35. The van der Waals surface area contributed by atoms with Crippen molar-refractivity contribution in [3.63, 3.8) is 0 Å². The van der Waals surface area contributed by atoms with E-state index in [1.807, 2.05) is 36.0 Å². The van der Waals surface area contributed by atoms with Gasteiger partial charge >= 0.3 is 0 Å². The van der Waals surface area contributed by atoms with Crippen molar-refractivity contribution in [3.8, 4) is 6.07 Å². The van der Waals surface area contributed by atoms with Gasteiger partial charge in [0.1, 0.15) is 6.04 Å². The van der Waals surface area contributed by atoms with Gasteiger partial charge in [-0.3, -0.25) is 9.48 Å². The molecule has 28 heavy (non-hydrogen) atoms. The van der Waals surface area contributed by atoms with Crippen LogP contribution in [0.5, 0.6) is 0 Å². The number of hydrogen-bond donors (Lipinski definition) is 1. The quantitative estimate of drug-likeness (QED) is 0.725. The van der Waals surface area contributed by atoms with Crippen LogP contribution in [-0.2, 0) is 24.8 Å². The Morgan fingerprint density at radius 3 is 2.96 bits per heavy atom. The van der Waals surface area contributed by atoms with Gasteiger partial charge in [-0.05, 0) is 36.2 Å². The zero-order valence-corrected chi connectivity index (χ0v) is 15.6. The molecule has 8 heteroatoms. The number of aromatic nitrogens is 4. The van der Waals surface area contributed by atoms with Gasteiger partial charge in [-0.25, -0.2) is 4.98 Å². The number of amides is 1. The van der Waals surface area contributed by atoms with Gasteiger partial charge in [0.25, 0.3) is 0 Å². The monoisotopic (exact) mass is 375 g/mol. The van der Waals surface area contributed by atoms with Gasteiger partial charge in [-0.1, -0.05) is 0 Å². The van der Waals surface area contributed by atoms with E-state index < -0.39 is 11.9 Å². The fourth-order valence-corrected chi connectivity index (χ4v) is 3.97. The molecule has 8 nitrogen and oxygen atoms in total. The predicted octanol–water partition coefficient (Wildman–Crippen LogP) is 1.39. The van der Waals surface area contributed by atoms with E-state index in [9.17, 15) is 10.1 Å². The highest BCUT2D eigenvalue weighted by Crippen LogP contribution is 2.36. The van der Waals surface area contributed by atoms with Crippen LogP contribution >= 0.6 is 0 Å². The molecule has 2 unspecified atom stereocenters. The number of hydrogen-bond acceptors (Lipinski definition) is 5. The third-order valence-electron chi connectivity index (χ3n) is 5.30. The molecule has 0 fully saturated rings.